The summed E-state index contributed by atoms with van der Waals surface area (Å²) in [6, 6.07) is 1.51. The fourth-order valence-electron chi connectivity index (χ4n) is 3.84. The Morgan fingerprint density at radius 1 is 1.38 bits per heavy atom. The Morgan fingerprint density at radius 3 is 2.62 bits per heavy atom. The summed E-state index contributed by atoms with van der Waals surface area (Å²) in [6.07, 6.45) is 3.14. The SMILES string of the molecule is CC(C)N(CCC#N)C(=O)NC1C2CCC(C2)C1C(=O)O. The summed E-state index contributed by atoms with van der Waals surface area (Å²) in [5, 5.41) is 21.0. The molecule has 21 heavy (non-hydrogen) atoms. The number of aliphatic carboxylic acids is 1. The second kappa shape index (κ2) is 6.33. The standard InChI is InChI=1S/C15H23N3O3/c1-9(2)18(7-3-6-16)15(21)17-13-11-5-4-10(8-11)12(13)14(19)20/h9-13H,3-5,7-8H2,1-2H3,(H,17,21)(H,19,20). The number of hydrogen-bond acceptors (Lipinski definition) is 3. The number of carbonyl (C=O) groups is 2. The number of hydrogen-bond donors (Lipinski definition) is 2. The summed E-state index contributed by atoms with van der Waals surface area (Å²) in [6.45, 7) is 4.16. The molecule has 2 fully saturated rings. The van der Waals surface area contributed by atoms with E-state index in [4.69, 9.17) is 5.26 Å². The van der Waals surface area contributed by atoms with Crippen molar-refractivity contribution in [3.05, 3.63) is 0 Å². The predicted octanol–water partition coefficient (Wildman–Crippen LogP) is 1.82. The van der Waals surface area contributed by atoms with Crippen LogP contribution in [0.2, 0.25) is 0 Å². The third-order valence-corrected chi connectivity index (χ3v) is 4.84. The molecule has 0 saturated heterocycles. The minimum atomic E-state index is -0.805. The summed E-state index contributed by atoms with van der Waals surface area (Å²) >= 11 is 0. The molecule has 4 atom stereocenters. The Bertz CT molecular complexity index is 458. The van der Waals surface area contributed by atoms with Crippen LogP contribution < -0.4 is 5.32 Å². The van der Waals surface area contributed by atoms with Crippen molar-refractivity contribution in [2.75, 3.05) is 6.54 Å². The van der Waals surface area contributed by atoms with Gasteiger partial charge in [-0.1, -0.05) is 0 Å². The molecule has 6 heteroatoms. The smallest absolute Gasteiger partial charge is 0.317 e. The van der Waals surface area contributed by atoms with E-state index in [9.17, 15) is 14.7 Å². The molecule has 116 valence electrons. The number of nitrogens with zero attached hydrogens (tertiary/aromatic N) is 2. The number of nitrogens with one attached hydrogen (secondary N) is 1. The highest BCUT2D eigenvalue weighted by atomic mass is 16.4. The van der Waals surface area contributed by atoms with Gasteiger partial charge in [-0.25, -0.2) is 4.79 Å². The van der Waals surface area contributed by atoms with Crippen molar-refractivity contribution < 1.29 is 14.7 Å². The predicted molar refractivity (Wildman–Crippen MR) is 76.3 cm³/mol. The number of fused-ring (bicyclic) bond motifs is 2. The molecule has 2 amide bonds. The molecule has 2 rings (SSSR count). The highest BCUT2D eigenvalue weighted by Crippen LogP contribution is 2.48. The molecule has 0 heterocycles. The Hall–Kier alpha value is -1.77. The zero-order valence-corrected chi connectivity index (χ0v) is 12.6. The first-order valence-electron chi connectivity index (χ1n) is 7.62. The number of carbonyl (C=O) groups excluding carboxylic acids is 1. The van der Waals surface area contributed by atoms with Crippen molar-refractivity contribution in [2.45, 2.75) is 51.6 Å². The molecule has 2 aliphatic carbocycles. The van der Waals surface area contributed by atoms with Crippen molar-refractivity contribution >= 4 is 12.0 Å². The molecular formula is C15H23N3O3. The van der Waals surface area contributed by atoms with Crippen LogP contribution in [-0.2, 0) is 4.79 Å². The van der Waals surface area contributed by atoms with Gasteiger partial charge < -0.3 is 15.3 Å². The molecule has 2 saturated carbocycles. The lowest BCUT2D eigenvalue weighted by Gasteiger charge is -2.33. The van der Waals surface area contributed by atoms with Crippen LogP contribution >= 0.6 is 0 Å². The summed E-state index contributed by atoms with van der Waals surface area (Å²) in [4.78, 5) is 25.5. The van der Waals surface area contributed by atoms with Gasteiger partial charge in [0.25, 0.3) is 0 Å². The lowest BCUT2D eigenvalue weighted by Crippen LogP contribution is -2.53. The zero-order valence-electron chi connectivity index (χ0n) is 12.6. The van der Waals surface area contributed by atoms with Crippen LogP contribution in [0.5, 0.6) is 0 Å². The lowest BCUT2D eigenvalue weighted by atomic mass is 9.84. The topological polar surface area (TPSA) is 93.4 Å². The van der Waals surface area contributed by atoms with E-state index in [2.05, 4.69) is 5.32 Å². The molecule has 2 N–H and O–H groups in total. The van der Waals surface area contributed by atoms with Gasteiger partial charge in [-0.05, 0) is 44.9 Å². The van der Waals surface area contributed by atoms with Gasteiger partial charge in [0.05, 0.1) is 18.4 Å². The Labute approximate surface area is 125 Å². The van der Waals surface area contributed by atoms with E-state index in [0.717, 1.165) is 19.3 Å². The van der Waals surface area contributed by atoms with Crippen LogP contribution in [0.4, 0.5) is 4.79 Å². The third kappa shape index (κ3) is 3.12. The maximum Gasteiger partial charge on any atom is 0.317 e. The molecule has 0 aromatic rings. The summed E-state index contributed by atoms with van der Waals surface area (Å²) < 4.78 is 0. The van der Waals surface area contributed by atoms with Gasteiger partial charge in [-0.2, -0.15) is 5.26 Å². The molecule has 0 spiro atoms. The molecular weight excluding hydrogens is 270 g/mol. The molecule has 2 aliphatic rings. The zero-order chi connectivity index (χ0) is 15.6. The third-order valence-electron chi connectivity index (χ3n) is 4.84. The average molecular weight is 293 g/mol. The van der Waals surface area contributed by atoms with Crippen LogP contribution in [0.1, 0.15) is 39.5 Å². The number of amides is 2. The maximum atomic E-state index is 12.4. The number of nitriles is 1. The van der Waals surface area contributed by atoms with Crippen molar-refractivity contribution in [1.29, 1.82) is 5.26 Å². The fourth-order valence-corrected chi connectivity index (χ4v) is 3.84. The summed E-state index contributed by atoms with van der Waals surface area (Å²) in [5.74, 6) is -0.785. The quantitative estimate of drug-likeness (QED) is 0.808. The largest absolute Gasteiger partial charge is 0.481 e. The van der Waals surface area contributed by atoms with Crippen LogP contribution in [-0.4, -0.2) is 40.6 Å². The van der Waals surface area contributed by atoms with Crippen molar-refractivity contribution in [2.24, 2.45) is 17.8 Å². The van der Waals surface area contributed by atoms with Crippen LogP contribution in [0.15, 0.2) is 0 Å². The first-order valence-corrected chi connectivity index (χ1v) is 7.62. The van der Waals surface area contributed by atoms with E-state index < -0.39 is 11.9 Å². The monoisotopic (exact) mass is 293 g/mol. The number of rotatable bonds is 5. The lowest BCUT2D eigenvalue weighted by molar-refractivity contribution is -0.144. The normalized spacial score (nSPS) is 30.2. The second-order valence-corrected chi connectivity index (χ2v) is 6.37. The Balaban J connectivity index is 2.03. The van der Waals surface area contributed by atoms with Crippen molar-refractivity contribution in [3.8, 4) is 6.07 Å². The van der Waals surface area contributed by atoms with E-state index in [1.54, 1.807) is 4.90 Å². The van der Waals surface area contributed by atoms with E-state index in [1.165, 1.54) is 0 Å². The molecule has 2 bridgehead atoms. The van der Waals surface area contributed by atoms with E-state index in [1.807, 2.05) is 19.9 Å². The second-order valence-electron chi connectivity index (χ2n) is 6.37. The van der Waals surface area contributed by atoms with Gasteiger partial charge in [0.1, 0.15) is 0 Å². The van der Waals surface area contributed by atoms with E-state index >= 15 is 0 Å². The average Bonchev–Trinajstić information content (AvgIpc) is 2.99. The molecule has 4 unspecified atom stereocenters. The van der Waals surface area contributed by atoms with Gasteiger partial charge in [0.2, 0.25) is 0 Å². The minimum absolute atomic E-state index is 0.0137. The van der Waals surface area contributed by atoms with Crippen LogP contribution in [0, 0.1) is 29.1 Å². The molecule has 0 aliphatic heterocycles. The number of urea groups is 1. The van der Waals surface area contributed by atoms with Crippen molar-refractivity contribution in [3.63, 3.8) is 0 Å². The Morgan fingerprint density at radius 2 is 2.05 bits per heavy atom. The minimum Gasteiger partial charge on any atom is -0.481 e. The fraction of sp³-hybridized carbons (Fsp3) is 0.800. The number of carboxylic acid groups (broad SMARTS) is 1. The Kier molecular flexibility index (Phi) is 4.71. The van der Waals surface area contributed by atoms with E-state index in [0.29, 0.717) is 6.54 Å². The van der Waals surface area contributed by atoms with Crippen LogP contribution in [0.3, 0.4) is 0 Å². The van der Waals surface area contributed by atoms with Crippen molar-refractivity contribution in [1.82, 2.24) is 10.2 Å². The molecule has 0 aromatic carbocycles. The highest BCUT2D eigenvalue weighted by Gasteiger charge is 2.51. The summed E-state index contributed by atoms with van der Waals surface area (Å²) in [7, 11) is 0. The highest BCUT2D eigenvalue weighted by molar-refractivity contribution is 5.78. The summed E-state index contributed by atoms with van der Waals surface area (Å²) in [5.41, 5.74) is 0. The van der Waals surface area contributed by atoms with Gasteiger partial charge in [0.15, 0.2) is 0 Å². The molecule has 0 radical (unpaired) electrons. The van der Waals surface area contributed by atoms with Gasteiger partial charge in [0, 0.05) is 18.6 Å². The molecule has 6 nitrogen and oxygen atoms in total. The molecule has 0 aromatic heterocycles. The first kappa shape index (κ1) is 15.6. The van der Waals surface area contributed by atoms with Crippen LogP contribution in [0.25, 0.3) is 0 Å². The van der Waals surface area contributed by atoms with E-state index in [-0.39, 0.29) is 36.4 Å². The van der Waals surface area contributed by atoms with Gasteiger partial charge in [-0.3, -0.25) is 4.79 Å². The number of carboxylic acids is 1. The van der Waals surface area contributed by atoms with Gasteiger partial charge >= 0.3 is 12.0 Å². The van der Waals surface area contributed by atoms with Gasteiger partial charge in [-0.15, -0.1) is 0 Å². The maximum absolute atomic E-state index is 12.4. The first-order chi connectivity index (χ1) is 9.95.